The monoisotopic (exact) mass is 377 g/mol. The zero-order valence-corrected chi connectivity index (χ0v) is 15.3. The summed E-state index contributed by atoms with van der Waals surface area (Å²) in [6.07, 6.45) is -3.94. The van der Waals surface area contributed by atoms with Crippen LogP contribution >= 0.6 is 0 Å². The van der Waals surface area contributed by atoms with E-state index in [9.17, 15) is 18.0 Å². The van der Waals surface area contributed by atoms with Crippen molar-refractivity contribution in [2.45, 2.75) is 32.0 Å². The minimum Gasteiger partial charge on any atom is -0.494 e. The second-order valence-corrected chi connectivity index (χ2v) is 6.80. The number of halogens is 3. The fraction of sp³-hybridized carbons (Fsp3) is 0.381. The fourth-order valence-electron chi connectivity index (χ4n) is 3.38. The van der Waals surface area contributed by atoms with Gasteiger partial charge in [-0.1, -0.05) is 30.3 Å². The van der Waals surface area contributed by atoms with Crippen molar-refractivity contribution < 1.29 is 22.7 Å². The Hall–Kier alpha value is -2.50. The number of benzene rings is 2. The Balaban J connectivity index is 1.64. The van der Waals surface area contributed by atoms with Gasteiger partial charge in [-0.05, 0) is 48.6 Å². The maximum Gasteiger partial charge on any atom is 0.416 e. The van der Waals surface area contributed by atoms with Gasteiger partial charge in [0.05, 0.1) is 12.2 Å². The normalized spacial score (nSPS) is 18.9. The quantitative estimate of drug-likeness (QED) is 0.719. The van der Waals surface area contributed by atoms with E-state index < -0.39 is 11.7 Å². The zero-order chi connectivity index (χ0) is 19.6. The summed E-state index contributed by atoms with van der Waals surface area (Å²) in [4.78, 5) is 14.2. The number of alkyl halides is 3. The van der Waals surface area contributed by atoms with Crippen molar-refractivity contribution in [3.8, 4) is 5.75 Å². The topological polar surface area (TPSA) is 29.5 Å². The third-order valence-electron chi connectivity index (χ3n) is 4.80. The molecule has 0 heterocycles. The highest BCUT2D eigenvalue weighted by Gasteiger charge is 2.48. The molecule has 0 aromatic heterocycles. The van der Waals surface area contributed by atoms with E-state index in [4.69, 9.17) is 4.74 Å². The van der Waals surface area contributed by atoms with Crippen LogP contribution in [0.2, 0.25) is 0 Å². The van der Waals surface area contributed by atoms with Crippen molar-refractivity contribution in [1.82, 2.24) is 4.90 Å². The second-order valence-electron chi connectivity index (χ2n) is 6.80. The lowest BCUT2D eigenvalue weighted by atomic mass is 10.0. The molecule has 0 saturated heterocycles. The van der Waals surface area contributed by atoms with Gasteiger partial charge in [-0.15, -0.1) is 0 Å². The van der Waals surface area contributed by atoms with Gasteiger partial charge in [-0.3, -0.25) is 4.79 Å². The highest BCUT2D eigenvalue weighted by molar-refractivity contribution is 5.83. The first-order valence-corrected chi connectivity index (χ1v) is 8.94. The molecule has 1 aliphatic carbocycles. The van der Waals surface area contributed by atoms with E-state index in [0.717, 1.165) is 17.4 Å². The van der Waals surface area contributed by atoms with Crippen LogP contribution in [0, 0.1) is 5.92 Å². The lowest BCUT2D eigenvalue weighted by molar-refractivity contribution is -0.138. The van der Waals surface area contributed by atoms with Crippen molar-refractivity contribution in [2.75, 3.05) is 13.7 Å². The molecule has 1 saturated carbocycles. The minimum absolute atomic E-state index is 0.120. The first-order valence-electron chi connectivity index (χ1n) is 8.94. The lowest BCUT2D eigenvalue weighted by Crippen LogP contribution is -2.28. The van der Waals surface area contributed by atoms with E-state index >= 15 is 0 Å². The molecule has 2 aromatic carbocycles. The number of amides is 1. The molecule has 2 aromatic rings. The first kappa shape index (κ1) is 19.3. The molecule has 6 heteroatoms. The summed E-state index contributed by atoms with van der Waals surface area (Å²) >= 11 is 0. The largest absolute Gasteiger partial charge is 0.494 e. The zero-order valence-electron chi connectivity index (χ0n) is 15.3. The minimum atomic E-state index is -4.40. The Bertz CT molecular complexity index is 802. The summed E-state index contributed by atoms with van der Waals surface area (Å²) in [6, 6.07) is 13.0. The maximum absolute atomic E-state index is 13.2. The van der Waals surface area contributed by atoms with Crippen LogP contribution in [-0.4, -0.2) is 24.5 Å². The summed E-state index contributed by atoms with van der Waals surface area (Å²) < 4.78 is 45.0. The van der Waals surface area contributed by atoms with E-state index in [2.05, 4.69) is 0 Å². The van der Waals surface area contributed by atoms with Crippen LogP contribution < -0.4 is 4.74 Å². The summed E-state index contributed by atoms with van der Waals surface area (Å²) in [5.74, 6) is -0.105. The molecule has 144 valence electrons. The van der Waals surface area contributed by atoms with Crippen LogP contribution in [0.5, 0.6) is 5.75 Å². The highest BCUT2D eigenvalue weighted by atomic mass is 19.4. The van der Waals surface area contributed by atoms with Gasteiger partial charge in [0.25, 0.3) is 0 Å². The number of carbonyl (C=O) groups excluding carboxylic acids is 1. The van der Waals surface area contributed by atoms with Gasteiger partial charge in [0.15, 0.2) is 0 Å². The van der Waals surface area contributed by atoms with E-state index in [0.29, 0.717) is 19.6 Å². The number of nitrogens with zero attached hydrogens (tertiary/aromatic N) is 1. The Morgan fingerprint density at radius 2 is 1.81 bits per heavy atom. The predicted octanol–water partition coefficient (Wildman–Crippen LogP) is 4.87. The first-order chi connectivity index (χ1) is 12.8. The molecule has 1 amide bonds. The van der Waals surface area contributed by atoms with Crippen LogP contribution in [0.1, 0.15) is 36.0 Å². The van der Waals surface area contributed by atoms with Crippen LogP contribution in [0.15, 0.2) is 48.5 Å². The number of carbonyl (C=O) groups is 1. The number of hydrogen-bond acceptors (Lipinski definition) is 2. The van der Waals surface area contributed by atoms with E-state index in [1.165, 1.54) is 12.1 Å². The molecule has 2 unspecified atom stereocenters. The third-order valence-corrected chi connectivity index (χ3v) is 4.80. The van der Waals surface area contributed by atoms with Gasteiger partial charge in [0, 0.05) is 19.5 Å². The molecule has 0 radical (unpaired) electrons. The molecular weight excluding hydrogens is 355 g/mol. The number of rotatable bonds is 6. The second kappa shape index (κ2) is 7.62. The molecule has 3 nitrogen and oxygen atoms in total. The summed E-state index contributed by atoms with van der Waals surface area (Å²) in [5.41, 5.74) is 0.527. The smallest absolute Gasteiger partial charge is 0.416 e. The molecular formula is C21H22F3NO2. The number of hydrogen-bond donors (Lipinski definition) is 0. The predicted molar refractivity (Wildman–Crippen MR) is 96.4 cm³/mol. The molecule has 2 atom stereocenters. The van der Waals surface area contributed by atoms with Crippen LogP contribution in [-0.2, 0) is 17.5 Å². The van der Waals surface area contributed by atoms with Gasteiger partial charge in [0.1, 0.15) is 5.75 Å². The van der Waals surface area contributed by atoms with Gasteiger partial charge in [-0.2, -0.15) is 13.2 Å². The maximum atomic E-state index is 13.2. The van der Waals surface area contributed by atoms with E-state index in [1.807, 2.05) is 31.2 Å². The summed E-state index contributed by atoms with van der Waals surface area (Å²) in [5, 5.41) is 0. The molecule has 0 N–H and O–H groups in total. The molecule has 1 aliphatic rings. The summed E-state index contributed by atoms with van der Waals surface area (Å²) in [7, 11) is 1.68. The molecule has 0 bridgehead atoms. The van der Waals surface area contributed by atoms with E-state index in [1.54, 1.807) is 18.0 Å². The van der Waals surface area contributed by atoms with Crippen molar-refractivity contribution in [3.05, 3.63) is 65.2 Å². The molecule has 3 rings (SSSR count). The Labute approximate surface area is 156 Å². The molecule has 27 heavy (non-hydrogen) atoms. The van der Waals surface area contributed by atoms with Crippen LogP contribution in [0.25, 0.3) is 0 Å². The van der Waals surface area contributed by atoms with E-state index in [-0.39, 0.29) is 23.3 Å². The van der Waals surface area contributed by atoms with Gasteiger partial charge >= 0.3 is 6.18 Å². The average Bonchev–Trinajstić information content (AvgIpc) is 3.43. The summed E-state index contributed by atoms with van der Waals surface area (Å²) in [6.45, 7) is 2.90. The SMILES string of the molecule is CCOc1ccc(CN(C)C(=O)C2CC2c2ccccc2C(F)(F)F)cc1. The van der Waals surface area contributed by atoms with Crippen molar-refractivity contribution in [2.24, 2.45) is 5.92 Å². The van der Waals surface area contributed by atoms with Gasteiger partial charge < -0.3 is 9.64 Å². The van der Waals surface area contributed by atoms with Gasteiger partial charge in [-0.25, -0.2) is 0 Å². The molecule has 0 spiro atoms. The Morgan fingerprint density at radius 1 is 1.15 bits per heavy atom. The standard InChI is InChI=1S/C21H22F3NO2/c1-3-27-15-10-8-14(9-11-15)13-25(2)20(26)18-12-17(18)16-6-4-5-7-19(16)21(22,23)24/h4-11,17-18H,3,12-13H2,1-2H3. The lowest BCUT2D eigenvalue weighted by Gasteiger charge is -2.18. The third kappa shape index (κ3) is 4.43. The number of ether oxygens (including phenoxy) is 1. The van der Waals surface area contributed by atoms with Crippen molar-refractivity contribution in [3.63, 3.8) is 0 Å². The molecule has 1 fully saturated rings. The average molecular weight is 377 g/mol. The Kier molecular flexibility index (Phi) is 5.44. The van der Waals surface area contributed by atoms with Crippen molar-refractivity contribution >= 4 is 5.91 Å². The van der Waals surface area contributed by atoms with Gasteiger partial charge in [0.2, 0.25) is 5.91 Å². The molecule has 0 aliphatic heterocycles. The van der Waals surface area contributed by atoms with Crippen LogP contribution in [0.3, 0.4) is 0 Å². The fourth-order valence-corrected chi connectivity index (χ4v) is 3.38. The van der Waals surface area contributed by atoms with Crippen molar-refractivity contribution in [1.29, 1.82) is 0 Å². The Morgan fingerprint density at radius 3 is 2.44 bits per heavy atom. The highest BCUT2D eigenvalue weighted by Crippen LogP contribution is 2.51. The van der Waals surface area contributed by atoms with Crippen LogP contribution in [0.4, 0.5) is 13.2 Å².